The van der Waals surface area contributed by atoms with Crippen LogP contribution in [0.1, 0.15) is 75.7 Å². The minimum Gasteiger partial charge on any atom is -0.292 e. The number of hydrogen-bond acceptors (Lipinski definition) is 9. The van der Waals surface area contributed by atoms with Gasteiger partial charge in [0.2, 0.25) is 0 Å². The highest BCUT2D eigenvalue weighted by Gasteiger charge is 2.49. The molecule has 3 aromatic rings. The molecule has 40 heavy (non-hydrogen) atoms. The van der Waals surface area contributed by atoms with Crippen molar-refractivity contribution in [1.82, 2.24) is 0 Å². The zero-order valence-electron chi connectivity index (χ0n) is 22.4. The van der Waals surface area contributed by atoms with Crippen molar-refractivity contribution >= 4 is 98.4 Å². The van der Waals surface area contributed by atoms with Crippen molar-refractivity contribution in [2.45, 2.75) is 70.6 Å². The molecule has 3 heterocycles. The van der Waals surface area contributed by atoms with E-state index in [1.54, 1.807) is 34.0 Å². The van der Waals surface area contributed by atoms with Crippen LogP contribution >= 0.6 is 34.0 Å². The molecule has 0 N–H and O–H groups in total. The van der Waals surface area contributed by atoms with Gasteiger partial charge in [-0.15, -0.1) is 34.0 Å². The second-order valence-electron chi connectivity index (χ2n) is 12.4. The zero-order chi connectivity index (χ0) is 27.5. The molecular weight excluding hydrogens is 561 g/mol. The maximum absolute atomic E-state index is 13.1. The van der Waals surface area contributed by atoms with Gasteiger partial charge in [0.15, 0.2) is 28.8 Å². The average molecular weight is 589 g/mol. The molecule has 8 rings (SSSR count). The van der Waals surface area contributed by atoms with E-state index in [2.05, 4.69) is 24.9 Å². The average Bonchev–Trinajstić information content (AvgIpc) is 3.73. The van der Waals surface area contributed by atoms with E-state index in [1.807, 2.05) is 6.07 Å². The molecule has 0 radical (unpaired) electrons. The number of carbonyl (C=O) groups excluding carboxylic acids is 4. The molecule has 9 heteroatoms. The number of carbonyl (C=O) groups is 4. The fourth-order valence-corrected chi connectivity index (χ4v) is 12.0. The Balaban J connectivity index is 1.15. The normalized spacial score (nSPS) is 29.4. The van der Waals surface area contributed by atoms with Gasteiger partial charge in [-0.3, -0.25) is 19.2 Å². The molecule has 204 valence electrons. The molecule has 4 fully saturated rings. The molecule has 0 spiro atoms. The smallest absolute Gasteiger partial charge is 0.188 e. The van der Waals surface area contributed by atoms with Crippen LogP contribution in [0.4, 0.5) is 5.00 Å². The van der Waals surface area contributed by atoms with Crippen molar-refractivity contribution in [2.24, 2.45) is 33.7 Å². The molecule has 5 aliphatic carbocycles. The van der Waals surface area contributed by atoms with E-state index in [0.717, 1.165) is 71.3 Å². The molecule has 0 bridgehead atoms. The standard InChI is InChI=1S/C31H28N2O4S3/c1-31(2)19(32-22-24(34)13-7-3-4-8-14(13)25(22)35)11-17-21(31)29-30(38-17)28-18(39-29)12-20(40-28)33-23-26(36)15-9-5-6-10-16(15)27(23)37/h11-16H,3-10H2,1-2H3. The maximum atomic E-state index is 13.1. The Bertz CT molecular complexity index is 1740. The number of thiophene rings is 3. The van der Waals surface area contributed by atoms with E-state index in [-0.39, 0.29) is 58.2 Å². The number of hydrogen-bond donors (Lipinski definition) is 0. The molecule has 0 aromatic carbocycles. The van der Waals surface area contributed by atoms with E-state index < -0.39 is 5.41 Å². The molecule has 0 amide bonds. The van der Waals surface area contributed by atoms with Gasteiger partial charge in [-0.25, -0.2) is 9.98 Å². The van der Waals surface area contributed by atoms with Crippen LogP contribution in [0.5, 0.6) is 0 Å². The van der Waals surface area contributed by atoms with E-state index in [4.69, 9.17) is 4.99 Å². The van der Waals surface area contributed by atoms with Gasteiger partial charge in [-0.2, -0.15) is 0 Å². The van der Waals surface area contributed by atoms with Gasteiger partial charge in [-0.05, 0) is 43.4 Å². The summed E-state index contributed by atoms with van der Waals surface area (Å²) in [4.78, 5) is 62.6. The lowest BCUT2D eigenvalue weighted by Gasteiger charge is -2.21. The maximum Gasteiger partial charge on any atom is 0.188 e. The van der Waals surface area contributed by atoms with Crippen molar-refractivity contribution in [1.29, 1.82) is 0 Å². The highest BCUT2D eigenvalue weighted by atomic mass is 32.1. The topological polar surface area (TPSA) is 93.0 Å². The molecule has 3 aromatic heterocycles. The van der Waals surface area contributed by atoms with Crippen LogP contribution in [0.15, 0.2) is 21.7 Å². The molecule has 5 aliphatic rings. The lowest BCUT2D eigenvalue weighted by atomic mass is 9.81. The minimum absolute atomic E-state index is 0.0592. The molecular formula is C31H28N2O4S3. The summed E-state index contributed by atoms with van der Waals surface area (Å²) in [6.07, 6.45) is 9.29. The second-order valence-corrected chi connectivity index (χ2v) is 15.5. The van der Waals surface area contributed by atoms with E-state index in [9.17, 15) is 19.2 Å². The fourth-order valence-electron chi connectivity index (χ4n) is 7.65. The number of rotatable bonds is 2. The number of aliphatic imine (C=N–C) groups is 2. The van der Waals surface area contributed by atoms with Gasteiger partial charge in [0.1, 0.15) is 10.7 Å². The van der Waals surface area contributed by atoms with Crippen LogP contribution in [0.25, 0.3) is 24.9 Å². The Labute approximate surface area is 243 Å². The second kappa shape index (κ2) is 8.69. The fraction of sp³-hybridized carbons (Fsp3) is 0.484. The first-order chi connectivity index (χ1) is 19.2. The van der Waals surface area contributed by atoms with Crippen LogP contribution in [0, 0.1) is 23.7 Å². The predicted molar refractivity (Wildman–Crippen MR) is 162 cm³/mol. The summed E-state index contributed by atoms with van der Waals surface area (Å²) in [5.74, 6) is -0.930. The lowest BCUT2D eigenvalue weighted by molar-refractivity contribution is -0.120. The summed E-state index contributed by atoms with van der Waals surface area (Å²) in [6.45, 7) is 4.25. The lowest BCUT2D eigenvalue weighted by Crippen LogP contribution is -2.21. The molecule has 4 atom stereocenters. The summed E-state index contributed by atoms with van der Waals surface area (Å²) in [7, 11) is 0. The predicted octanol–water partition coefficient (Wildman–Crippen LogP) is 7.24. The largest absolute Gasteiger partial charge is 0.292 e. The molecule has 4 unspecified atom stereocenters. The summed E-state index contributed by atoms with van der Waals surface area (Å²) in [6, 6.07) is 2.01. The van der Waals surface area contributed by atoms with Gasteiger partial charge in [0.25, 0.3) is 0 Å². The van der Waals surface area contributed by atoms with E-state index in [0.29, 0.717) is 5.00 Å². The Morgan fingerprint density at radius 3 is 1.75 bits per heavy atom. The third-order valence-electron chi connectivity index (χ3n) is 9.79. The van der Waals surface area contributed by atoms with Crippen molar-refractivity contribution in [3.8, 4) is 0 Å². The summed E-state index contributed by atoms with van der Waals surface area (Å²) >= 11 is 4.95. The number of Topliss-reactive ketones (excluding diaryl/α,β-unsaturated/α-hetero) is 4. The van der Waals surface area contributed by atoms with Crippen molar-refractivity contribution in [3.63, 3.8) is 0 Å². The van der Waals surface area contributed by atoms with Crippen molar-refractivity contribution in [2.75, 3.05) is 0 Å². The van der Waals surface area contributed by atoms with Crippen LogP contribution in [0.3, 0.4) is 0 Å². The van der Waals surface area contributed by atoms with Crippen LogP contribution in [-0.4, -0.2) is 34.6 Å². The zero-order valence-corrected chi connectivity index (χ0v) is 24.8. The van der Waals surface area contributed by atoms with Crippen molar-refractivity contribution in [3.05, 3.63) is 22.2 Å². The first-order valence-corrected chi connectivity index (χ1v) is 16.7. The first kappa shape index (κ1) is 25.1. The Morgan fingerprint density at radius 1 is 0.675 bits per heavy atom. The van der Waals surface area contributed by atoms with Gasteiger partial charge < -0.3 is 0 Å². The number of nitrogens with zero attached hydrogens (tertiary/aromatic N) is 2. The van der Waals surface area contributed by atoms with Crippen molar-refractivity contribution < 1.29 is 19.2 Å². The molecule has 6 nitrogen and oxygen atoms in total. The first-order valence-electron chi connectivity index (χ1n) is 14.3. The molecule has 4 saturated carbocycles. The quantitative estimate of drug-likeness (QED) is 0.315. The number of ketones is 4. The van der Waals surface area contributed by atoms with Gasteiger partial charge in [0.05, 0.1) is 19.8 Å². The Hall–Kier alpha value is -2.62. The third kappa shape index (κ3) is 3.37. The van der Waals surface area contributed by atoms with Crippen LogP contribution < -0.4 is 0 Å². The Morgan fingerprint density at radius 2 is 1.20 bits per heavy atom. The summed E-state index contributed by atoms with van der Waals surface area (Å²) in [5, 5.41) is 0.716. The van der Waals surface area contributed by atoms with Gasteiger partial charge in [0, 0.05) is 38.7 Å². The monoisotopic (exact) mass is 588 g/mol. The van der Waals surface area contributed by atoms with Gasteiger partial charge in [-0.1, -0.05) is 39.5 Å². The number of fused-ring (bicyclic) bond motifs is 7. The third-order valence-corrected chi connectivity index (χ3v) is 13.5. The number of allylic oxidation sites excluding steroid dienone is 1. The summed E-state index contributed by atoms with van der Waals surface area (Å²) in [5.41, 5.74) is 1.88. The van der Waals surface area contributed by atoms with Crippen LogP contribution in [-0.2, 0) is 24.6 Å². The summed E-state index contributed by atoms with van der Waals surface area (Å²) < 4.78 is 4.63. The minimum atomic E-state index is -0.427. The van der Waals surface area contributed by atoms with E-state index in [1.165, 1.54) is 15.0 Å². The molecule has 0 aliphatic heterocycles. The SMILES string of the molecule is CC1(C)C(N=C2C(=O)C3CCCCC3C2=O)=Cc2sc3c(sc4cc(N=C5C(=O)C6CCCCC6C5=O)sc43)c21. The Kier molecular flexibility index (Phi) is 5.46. The van der Waals surface area contributed by atoms with Gasteiger partial charge >= 0.3 is 0 Å². The highest BCUT2D eigenvalue weighted by molar-refractivity contribution is 7.39. The van der Waals surface area contributed by atoms with E-state index >= 15 is 0 Å². The highest BCUT2D eigenvalue weighted by Crippen LogP contribution is 2.56. The molecule has 0 saturated heterocycles. The van der Waals surface area contributed by atoms with Crippen LogP contribution in [0.2, 0.25) is 0 Å².